The highest BCUT2D eigenvalue weighted by Crippen LogP contribution is 2.10. The molecule has 0 radical (unpaired) electrons. The van der Waals surface area contributed by atoms with Crippen LogP contribution in [0.1, 0.15) is 20.3 Å². The van der Waals surface area contributed by atoms with Crippen molar-refractivity contribution in [2.24, 2.45) is 5.92 Å². The van der Waals surface area contributed by atoms with Crippen LogP contribution in [0.2, 0.25) is 0 Å². The lowest BCUT2D eigenvalue weighted by Gasteiger charge is -2.20. The second-order valence-electron chi connectivity index (χ2n) is 5.10. The molecule has 1 heterocycles. The summed E-state index contributed by atoms with van der Waals surface area (Å²) in [5, 5.41) is 14.1. The Bertz CT molecular complexity index is 461. The SMILES string of the molecule is CCC(C)C(O)Cn1ncc(N(C)CCOC)cc1=O. The zero-order chi connectivity index (χ0) is 15.1. The normalized spacial score (nSPS) is 14.1. The van der Waals surface area contributed by atoms with E-state index in [1.807, 2.05) is 25.8 Å². The monoisotopic (exact) mass is 283 g/mol. The zero-order valence-electron chi connectivity index (χ0n) is 12.7. The topological polar surface area (TPSA) is 67.6 Å². The van der Waals surface area contributed by atoms with Gasteiger partial charge >= 0.3 is 0 Å². The van der Waals surface area contributed by atoms with E-state index in [2.05, 4.69) is 5.10 Å². The molecule has 2 atom stereocenters. The molecule has 0 saturated heterocycles. The summed E-state index contributed by atoms with van der Waals surface area (Å²) >= 11 is 0. The summed E-state index contributed by atoms with van der Waals surface area (Å²) in [7, 11) is 3.52. The van der Waals surface area contributed by atoms with E-state index in [1.165, 1.54) is 10.7 Å². The number of rotatable bonds is 8. The molecule has 1 aromatic rings. The van der Waals surface area contributed by atoms with Crippen LogP contribution in [0.5, 0.6) is 0 Å². The Hall–Kier alpha value is -1.40. The summed E-state index contributed by atoms with van der Waals surface area (Å²) in [5.41, 5.74) is 0.551. The van der Waals surface area contributed by atoms with Crippen LogP contribution < -0.4 is 10.5 Å². The van der Waals surface area contributed by atoms with Gasteiger partial charge in [-0.15, -0.1) is 0 Å². The number of methoxy groups -OCH3 is 1. The molecule has 1 N–H and O–H groups in total. The molecule has 0 saturated carbocycles. The number of aliphatic hydroxyl groups excluding tert-OH is 1. The van der Waals surface area contributed by atoms with Crippen LogP contribution in [-0.2, 0) is 11.3 Å². The maximum atomic E-state index is 12.0. The molecule has 0 amide bonds. The van der Waals surface area contributed by atoms with Crippen LogP contribution >= 0.6 is 0 Å². The third kappa shape index (κ3) is 4.61. The van der Waals surface area contributed by atoms with E-state index < -0.39 is 6.10 Å². The van der Waals surface area contributed by atoms with Gasteiger partial charge in [-0.25, -0.2) is 4.68 Å². The minimum Gasteiger partial charge on any atom is -0.391 e. The van der Waals surface area contributed by atoms with Gasteiger partial charge in [0.2, 0.25) is 0 Å². The Labute approximate surface area is 120 Å². The van der Waals surface area contributed by atoms with E-state index in [9.17, 15) is 9.90 Å². The minimum absolute atomic E-state index is 0.146. The molecule has 20 heavy (non-hydrogen) atoms. The van der Waals surface area contributed by atoms with E-state index >= 15 is 0 Å². The molecule has 0 aromatic carbocycles. The van der Waals surface area contributed by atoms with E-state index in [-0.39, 0.29) is 18.0 Å². The van der Waals surface area contributed by atoms with Crippen molar-refractivity contribution in [3.05, 3.63) is 22.6 Å². The third-order valence-electron chi connectivity index (χ3n) is 3.59. The first-order valence-electron chi connectivity index (χ1n) is 6.94. The Morgan fingerprint density at radius 2 is 2.25 bits per heavy atom. The molecule has 2 unspecified atom stereocenters. The lowest BCUT2D eigenvalue weighted by Crippen LogP contribution is -2.32. The van der Waals surface area contributed by atoms with Crippen LogP contribution in [0.15, 0.2) is 17.1 Å². The van der Waals surface area contributed by atoms with Crippen LogP contribution in [0.3, 0.4) is 0 Å². The first-order valence-corrected chi connectivity index (χ1v) is 6.94. The van der Waals surface area contributed by atoms with Gasteiger partial charge in [0, 0.05) is 26.8 Å². The van der Waals surface area contributed by atoms with Crippen molar-refractivity contribution in [3.8, 4) is 0 Å². The molecule has 6 heteroatoms. The van der Waals surface area contributed by atoms with Crippen LogP contribution in [-0.4, -0.2) is 48.3 Å². The predicted molar refractivity (Wildman–Crippen MR) is 79.1 cm³/mol. The van der Waals surface area contributed by atoms with E-state index in [0.29, 0.717) is 13.2 Å². The molecule has 0 bridgehead atoms. The summed E-state index contributed by atoms with van der Waals surface area (Å²) < 4.78 is 6.31. The zero-order valence-corrected chi connectivity index (χ0v) is 12.7. The molecule has 1 aromatic heterocycles. The molecule has 114 valence electrons. The van der Waals surface area contributed by atoms with Crippen molar-refractivity contribution in [1.29, 1.82) is 0 Å². The Kier molecular flexibility index (Phi) is 6.67. The second-order valence-corrected chi connectivity index (χ2v) is 5.10. The van der Waals surface area contributed by atoms with Crippen LogP contribution in [0, 0.1) is 5.92 Å². The van der Waals surface area contributed by atoms with Crippen molar-refractivity contribution in [2.75, 3.05) is 32.2 Å². The highest BCUT2D eigenvalue weighted by molar-refractivity contribution is 5.41. The summed E-state index contributed by atoms with van der Waals surface area (Å²) in [6, 6.07) is 1.53. The fourth-order valence-electron chi connectivity index (χ4n) is 1.76. The van der Waals surface area contributed by atoms with Gasteiger partial charge in [0.05, 0.1) is 31.1 Å². The molecule has 0 aliphatic rings. The number of ether oxygens (including phenoxy) is 1. The van der Waals surface area contributed by atoms with Gasteiger partial charge in [-0.1, -0.05) is 20.3 Å². The number of aromatic nitrogens is 2. The maximum Gasteiger partial charge on any atom is 0.268 e. The van der Waals surface area contributed by atoms with Crippen molar-refractivity contribution < 1.29 is 9.84 Å². The van der Waals surface area contributed by atoms with Crippen molar-refractivity contribution >= 4 is 5.69 Å². The quantitative estimate of drug-likeness (QED) is 0.762. The highest BCUT2D eigenvalue weighted by atomic mass is 16.5. The average Bonchev–Trinajstić information content (AvgIpc) is 2.45. The third-order valence-corrected chi connectivity index (χ3v) is 3.59. The summed E-state index contributed by atoms with van der Waals surface area (Å²) in [4.78, 5) is 13.9. The summed E-state index contributed by atoms with van der Waals surface area (Å²) in [5.74, 6) is 0.146. The van der Waals surface area contributed by atoms with E-state index in [0.717, 1.165) is 12.1 Å². The first kappa shape index (κ1) is 16.7. The summed E-state index contributed by atoms with van der Waals surface area (Å²) in [6.07, 6.45) is 1.95. The Morgan fingerprint density at radius 3 is 2.80 bits per heavy atom. The van der Waals surface area contributed by atoms with Gasteiger partial charge in [0.1, 0.15) is 0 Å². The molecular weight excluding hydrogens is 258 g/mol. The van der Waals surface area contributed by atoms with Crippen molar-refractivity contribution in [1.82, 2.24) is 9.78 Å². The van der Waals surface area contributed by atoms with Gasteiger partial charge in [-0.2, -0.15) is 5.10 Å². The molecule has 0 spiro atoms. The number of hydrogen-bond acceptors (Lipinski definition) is 5. The Morgan fingerprint density at radius 1 is 1.55 bits per heavy atom. The van der Waals surface area contributed by atoms with Gasteiger partial charge in [-0.3, -0.25) is 4.79 Å². The van der Waals surface area contributed by atoms with Crippen LogP contribution in [0.4, 0.5) is 5.69 Å². The van der Waals surface area contributed by atoms with Gasteiger partial charge in [0.15, 0.2) is 0 Å². The smallest absolute Gasteiger partial charge is 0.268 e. The highest BCUT2D eigenvalue weighted by Gasteiger charge is 2.14. The number of likely N-dealkylation sites (N-methyl/N-ethyl adjacent to an activating group) is 1. The minimum atomic E-state index is -0.553. The fraction of sp³-hybridized carbons (Fsp3) is 0.714. The van der Waals surface area contributed by atoms with Gasteiger partial charge in [0.25, 0.3) is 5.56 Å². The lowest BCUT2D eigenvalue weighted by molar-refractivity contribution is 0.0912. The average molecular weight is 283 g/mol. The standard InChI is InChI=1S/C14H25N3O3/c1-5-11(2)13(18)10-17-14(19)8-12(9-15-17)16(3)6-7-20-4/h8-9,11,13,18H,5-7,10H2,1-4H3. The molecule has 0 fully saturated rings. The Balaban J connectivity index is 2.75. The molecule has 0 aliphatic carbocycles. The second kappa shape index (κ2) is 8.01. The van der Waals surface area contributed by atoms with Gasteiger partial charge in [-0.05, 0) is 5.92 Å². The number of nitrogens with zero attached hydrogens (tertiary/aromatic N) is 3. The lowest BCUT2D eigenvalue weighted by atomic mass is 10.0. The molecular formula is C14H25N3O3. The van der Waals surface area contributed by atoms with Crippen LogP contribution in [0.25, 0.3) is 0 Å². The largest absolute Gasteiger partial charge is 0.391 e. The number of hydrogen-bond donors (Lipinski definition) is 1. The molecule has 1 rings (SSSR count). The first-order chi connectivity index (χ1) is 9.49. The van der Waals surface area contributed by atoms with Gasteiger partial charge < -0.3 is 14.7 Å². The van der Waals surface area contributed by atoms with Crippen molar-refractivity contribution in [3.63, 3.8) is 0 Å². The number of aliphatic hydroxyl groups is 1. The molecule has 6 nitrogen and oxygen atoms in total. The number of anilines is 1. The van der Waals surface area contributed by atoms with E-state index in [4.69, 9.17) is 4.74 Å². The van der Waals surface area contributed by atoms with E-state index in [1.54, 1.807) is 13.3 Å². The predicted octanol–water partition coefficient (Wildman–Crippen LogP) is 0.733. The molecule has 0 aliphatic heterocycles. The van der Waals surface area contributed by atoms with Crippen molar-refractivity contribution in [2.45, 2.75) is 32.9 Å². The summed E-state index contributed by atoms with van der Waals surface area (Å²) in [6.45, 7) is 5.49. The fourth-order valence-corrected chi connectivity index (χ4v) is 1.76. The maximum absolute atomic E-state index is 12.0.